The van der Waals surface area contributed by atoms with Gasteiger partial charge in [-0.1, -0.05) is 30.3 Å². The molecule has 0 fully saturated rings. The molecule has 0 saturated heterocycles. The fourth-order valence-electron chi connectivity index (χ4n) is 1.87. The molecule has 1 unspecified atom stereocenters. The molecule has 0 aliphatic carbocycles. The van der Waals surface area contributed by atoms with E-state index in [0.717, 1.165) is 5.56 Å². The third kappa shape index (κ3) is 4.66. The Morgan fingerprint density at radius 3 is 2.45 bits per heavy atom. The zero-order valence-electron chi connectivity index (χ0n) is 12.2. The normalized spacial score (nSPS) is 12.6. The van der Waals surface area contributed by atoms with Gasteiger partial charge in [0, 0.05) is 12.5 Å². The highest BCUT2D eigenvalue weighted by molar-refractivity contribution is 5.87. The zero-order valence-corrected chi connectivity index (χ0v) is 12.2. The number of methoxy groups -OCH3 is 1. The van der Waals surface area contributed by atoms with Gasteiger partial charge in [0.15, 0.2) is 0 Å². The number of nitrogens with two attached hydrogens (primary N) is 1. The van der Waals surface area contributed by atoms with Crippen LogP contribution in [0.1, 0.15) is 38.3 Å². The van der Waals surface area contributed by atoms with E-state index in [1.165, 1.54) is 7.11 Å². The van der Waals surface area contributed by atoms with Crippen molar-refractivity contribution in [1.29, 1.82) is 0 Å². The van der Waals surface area contributed by atoms with Gasteiger partial charge in [0.25, 0.3) is 0 Å². The second-order valence-electron chi connectivity index (χ2n) is 5.22. The molecule has 0 aromatic heterocycles. The van der Waals surface area contributed by atoms with E-state index in [4.69, 9.17) is 5.73 Å². The van der Waals surface area contributed by atoms with E-state index in [9.17, 15) is 9.59 Å². The first-order valence-electron chi connectivity index (χ1n) is 6.57. The molecule has 5 heteroatoms. The van der Waals surface area contributed by atoms with Crippen molar-refractivity contribution in [2.45, 2.75) is 38.3 Å². The van der Waals surface area contributed by atoms with Crippen molar-refractivity contribution in [1.82, 2.24) is 5.32 Å². The Balaban J connectivity index is 2.46. The van der Waals surface area contributed by atoms with Crippen molar-refractivity contribution in [2.24, 2.45) is 5.73 Å². The molecule has 1 aromatic carbocycles. The summed E-state index contributed by atoms with van der Waals surface area (Å²) in [5.74, 6) is -0.690. The zero-order chi connectivity index (χ0) is 15.2. The fourth-order valence-corrected chi connectivity index (χ4v) is 1.87. The number of benzene rings is 1. The molecular weight excluding hydrogens is 256 g/mol. The molecule has 0 aliphatic heterocycles. The van der Waals surface area contributed by atoms with Crippen LogP contribution in [0, 0.1) is 0 Å². The van der Waals surface area contributed by atoms with Crippen LogP contribution in [0.3, 0.4) is 0 Å². The molecule has 5 nitrogen and oxygen atoms in total. The highest BCUT2D eigenvalue weighted by atomic mass is 16.5. The van der Waals surface area contributed by atoms with Gasteiger partial charge in [0.1, 0.15) is 5.54 Å². The summed E-state index contributed by atoms with van der Waals surface area (Å²) in [6.45, 7) is 3.21. The maximum Gasteiger partial charge on any atom is 0.330 e. The van der Waals surface area contributed by atoms with Gasteiger partial charge in [-0.25, -0.2) is 4.79 Å². The lowest BCUT2D eigenvalue weighted by atomic mass is 10.0. The van der Waals surface area contributed by atoms with Crippen molar-refractivity contribution in [3.05, 3.63) is 35.9 Å². The van der Waals surface area contributed by atoms with Crippen molar-refractivity contribution < 1.29 is 14.3 Å². The summed E-state index contributed by atoms with van der Waals surface area (Å²) < 4.78 is 4.63. The van der Waals surface area contributed by atoms with E-state index >= 15 is 0 Å². The first-order valence-corrected chi connectivity index (χ1v) is 6.57. The summed E-state index contributed by atoms with van der Waals surface area (Å²) in [6, 6.07) is 9.41. The van der Waals surface area contributed by atoms with Crippen LogP contribution in [0.15, 0.2) is 30.3 Å². The SMILES string of the molecule is COC(=O)C(C)(C)NC(=O)CCC(N)c1ccccc1. The van der Waals surface area contributed by atoms with Crippen LogP contribution in [-0.2, 0) is 14.3 Å². The second-order valence-corrected chi connectivity index (χ2v) is 5.22. The third-order valence-corrected chi connectivity index (χ3v) is 3.06. The monoisotopic (exact) mass is 278 g/mol. The number of amides is 1. The van der Waals surface area contributed by atoms with Gasteiger partial charge in [-0.2, -0.15) is 0 Å². The number of nitrogens with one attached hydrogen (secondary N) is 1. The fraction of sp³-hybridized carbons (Fsp3) is 0.467. The summed E-state index contributed by atoms with van der Waals surface area (Å²) in [7, 11) is 1.29. The summed E-state index contributed by atoms with van der Waals surface area (Å²) in [4.78, 5) is 23.3. The molecule has 110 valence electrons. The minimum absolute atomic E-state index is 0.191. The molecule has 0 heterocycles. The van der Waals surface area contributed by atoms with Crippen LogP contribution in [-0.4, -0.2) is 24.5 Å². The molecule has 0 radical (unpaired) electrons. The lowest BCUT2D eigenvalue weighted by Gasteiger charge is -2.23. The Morgan fingerprint density at radius 1 is 1.30 bits per heavy atom. The lowest BCUT2D eigenvalue weighted by Crippen LogP contribution is -2.50. The predicted molar refractivity (Wildman–Crippen MR) is 76.8 cm³/mol. The number of hydrogen-bond acceptors (Lipinski definition) is 4. The first-order chi connectivity index (χ1) is 9.36. The Hall–Kier alpha value is -1.88. The average Bonchev–Trinajstić information content (AvgIpc) is 2.44. The van der Waals surface area contributed by atoms with Gasteiger partial charge in [0.05, 0.1) is 7.11 Å². The number of esters is 1. The molecule has 0 aliphatic rings. The standard InChI is InChI=1S/C15H22N2O3/c1-15(2,14(19)20-3)17-13(18)10-9-12(16)11-7-5-4-6-8-11/h4-8,12H,9-10,16H2,1-3H3,(H,17,18). The van der Waals surface area contributed by atoms with Gasteiger partial charge >= 0.3 is 5.97 Å². The van der Waals surface area contributed by atoms with Crippen LogP contribution < -0.4 is 11.1 Å². The summed E-state index contributed by atoms with van der Waals surface area (Å²) in [5.41, 5.74) is 5.99. The van der Waals surface area contributed by atoms with Gasteiger partial charge in [0.2, 0.25) is 5.91 Å². The quantitative estimate of drug-likeness (QED) is 0.773. The van der Waals surface area contributed by atoms with Gasteiger partial charge in [-0.3, -0.25) is 4.79 Å². The van der Waals surface area contributed by atoms with E-state index < -0.39 is 11.5 Å². The summed E-state index contributed by atoms with van der Waals surface area (Å²) >= 11 is 0. The molecule has 3 N–H and O–H groups in total. The molecular formula is C15H22N2O3. The minimum atomic E-state index is -1.03. The maximum atomic E-state index is 11.8. The second kappa shape index (κ2) is 7.05. The maximum absolute atomic E-state index is 11.8. The lowest BCUT2D eigenvalue weighted by molar-refractivity contribution is -0.149. The van der Waals surface area contributed by atoms with Crippen LogP contribution in [0.4, 0.5) is 0 Å². The van der Waals surface area contributed by atoms with Crippen LogP contribution in [0.25, 0.3) is 0 Å². The van der Waals surface area contributed by atoms with Crippen molar-refractivity contribution in [3.8, 4) is 0 Å². The Labute approximate surface area is 119 Å². The largest absolute Gasteiger partial charge is 0.467 e. The Bertz CT molecular complexity index is 457. The molecule has 1 amide bonds. The Kier molecular flexibility index (Phi) is 5.70. The smallest absolute Gasteiger partial charge is 0.330 e. The van der Waals surface area contributed by atoms with E-state index in [1.807, 2.05) is 30.3 Å². The first kappa shape index (κ1) is 16.2. The average molecular weight is 278 g/mol. The van der Waals surface area contributed by atoms with Gasteiger partial charge in [-0.05, 0) is 25.8 Å². The number of rotatable bonds is 6. The van der Waals surface area contributed by atoms with Gasteiger partial charge < -0.3 is 15.8 Å². The molecule has 1 rings (SSSR count). The Morgan fingerprint density at radius 2 is 1.90 bits per heavy atom. The predicted octanol–water partition coefficient (Wildman–Crippen LogP) is 1.53. The van der Waals surface area contributed by atoms with E-state index in [-0.39, 0.29) is 18.4 Å². The number of hydrogen-bond donors (Lipinski definition) is 2. The van der Waals surface area contributed by atoms with Crippen molar-refractivity contribution >= 4 is 11.9 Å². The molecule has 0 saturated carbocycles. The van der Waals surface area contributed by atoms with E-state index in [1.54, 1.807) is 13.8 Å². The minimum Gasteiger partial charge on any atom is -0.467 e. The number of carbonyl (C=O) groups excluding carboxylic acids is 2. The molecule has 20 heavy (non-hydrogen) atoms. The number of ether oxygens (including phenoxy) is 1. The van der Waals surface area contributed by atoms with Crippen LogP contribution in [0.2, 0.25) is 0 Å². The molecule has 0 spiro atoms. The number of carbonyl (C=O) groups is 2. The van der Waals surface area contributed by atoms with Crippen LogP contribution in [0.5, 0.6) is 0 Å². The van der Waals surface area contributed by atoms with Crippen molar-refractivity contribution in [3.63, 3.8) is 0 Å². The third-order valence-electron chi connectivity index (χ3n) is 3.06. The van der Waals surface area contributed by atoms with E-state index in [0.29, 0.717) is 6.42 Å². The van der Waals surface area contributed by atoms with Gasteiger partial charge in [-0.15, -0.1) is 0 Å². The van der Waals surface area contributed by atoms with Crippen molar-refractivity contribution in [2.75, 3.05) is 7.11 Å². The highest BCUT2D eigenvalue weighted by Gasteiger charge is 2.30. The molecule has 1 aromatic rings. The molecule has 1 atom stereocenters. The summed E-state index contributed by atoms with van der Waals surface area (Å²) in [5, 5.41) is 2.64. The molecule has 0 bridgehead atoms. The van der Waals surface area contributed by atoms with E-state index in [2.05, 4.69) is 10.1 Å². The van der Waals surface area contributed by atoms with Crippen LogP contribution >= 0.6 is 0 Å². The topological polar surface area (TPSA) is 81.4 Å². The summed E-state index contributed by atoms with van der Waals surface area (Å²) in [6.07, 6.45) is 0.781. The highest BCUT2D eigenvalue weighted by Crippen LogP contribution is 2.15.